The molecule has 45 heavy (non-hydrogen) atoms. The molecule has 3 N–H and O–H groups in total. The van der Waals surface area contributed by atoms with Gasteiger partial charge in [-0.05, 0) is 70.0 Å². The van der Waals surface area contributed by atoms with Crippen LogP contribution < -0.4 is 20.7 Å². The van der Waals surface area contributed by atoms with Gasteiger partial charge in [0.1, 0.15) is 17.8 Å². The van der Waals surface area contributed by atoms with Crippen LogP contribution in [0.15, 0.2) is 24.3 Å². The average Bonchev–Trinajstić information content (AvgIpc) is 3.45. The molecule has 4 aliphatic rings. The topological polar surface area (TPSA) is 112 Å². The van der Waals surface area contributed by atoms with E-state index in [1.807, 2.05) is 31.2 Å². The molecule has 6 atom stereocenters. The molecule has 0 bridgehead atoms. The van der Waals surface area contributed by atoms with Gasteiger partial charge in [-0.15, -0.1) is 0 Å². The number of para-hydroxylation sites is 1. The van der Waals surface area contributed by atoms with Crippen molar-refractivity contribution in [1.29, 1.82) is 0 Å². The number of hydrogen-bond donors (Lipinski definition) is 3. The number of carbonyl (C=O) groups excluding carboxylic acids is 3. The number of nitrogens with one attached hydrogen (secondary N) is 3. The maximum Gasteiger partial charge on any atom is 0.248 e. The van der Waals surface area contributed by atoms with Gasteiger partial charge in [-0.2, -0.15) is 0 Å². The summed E-state index contributed by atoms with van der Waals surface area (Å²) in [7, 11) is 1.65. The monoisotopic (exact) mass is 633 g/mol. The van der Waals surface area contributed by atoms with Crippen molar-refractivity contribution in [3.05, 3.63) is 29.8 Å². The number of likely N-dealkylation sites (N-methyl/N-ethyl adjacent to an activating group) is 1. The Labute approximate surface area is 264 Å². The van der Waals surface area contributed by atoms with Crippen molar-refractivity contribution in [3.8, 4) is 5.75 Å². The van der Waals surface area contributed by atoms with Crippen molar-refractivity contribution >= 4 is 17.7 Å². The van der Waals surface area contributed by atoms with E-state index in [1.54, 1.807) is 18.9 Å². The highest BCUT2D eigenvalue weighted by Gasteiger charge is 2.48. The Morgan fingerprint density at radius 2 is 1.87 bits per heavy atom. The van der Waals surface area contributed by atoms with E-state index in [9.17, 15) is 23.2 Å². The summed E-state index contributed by atoms with van der Waals surface area (Å²) >= 11 is 0. The molecular weight excluding hydrogens is 584 g/mol. The van der Waals surface area contributed by atoms with Crippen LogP contribution >= 0.6 is 0 Å². The second-order valence-corrected chi connectivity index (χ2v) is 13.2. The summed E-state index contributed by atoms with van der Waals surface area (Å²) < 4.78 is 39.8. The standard InChI is InChI=1S/C33H49F2N5O5/c1-4-44-20-22-15-25-18-40(32(43)29(38-30(41)21(2)36-3)23-9-12-33(34,35)13-10-23)27(19-39(25)17-22)31(42)37-16-24-11-14-45-28-8-6-5-7-26(24)28/h5-8,21-25,27,29,36H,4,9-20H2,1-3H3,(H,37,42)(H,38,41). The Hall–Kier alpha value is -2.83. The number of nitrogens with zero attached hydrogens (tertiary/aromatic N) is 2. The lowest BCUT2D eigenvalue weighted by atomic mass is 9.81. The summed E-state index contributed by atoms with van der Waals surface area (Å²) in [4.78, 5) is 45.4. The number of hydrogen-bond acceptors (Lipinski definition) is 7. The SMILES string of the molecule is CCOCC1CC2CN(C(=O)C(NC(=O)C(C)NC)C3CCC(F)(F)CC3)C(C(=O)NCC3CCOc4ccccc43)CN2C1. The summed E-state index contributed by atoms with van der Waals surface area (Å²) in [6.45, 7) is 7.34. The Balaban J connectivity index is 1.37. The van der Waals surface area contributed by atoms with Crippen LogP contribution in [-0.2, 0) is 19.1 Å². The molecule has 0 spiro atoms. The lowest BCUT2D eigenvalue weighted by Gasteiger charge is -2.45. The minimum atomic E-state index is -2.78. The van der Waals surface area contributed by atoms with Gasteiger partial charge in [-0.1, -0.05) is 18.2 Å². The first-order chi connectivity index (χ1) is 21.6. The Morgan fingerprint density at radius 1 is 1.11 bits per heavy atom. The molecule has 0 aromatic heterocycles. The van der Waals surface area contributed by atoms with Crippen LogP contribution in [-0.4, -0.2) is 111 Å². The maximum absolute atomic E-state index is 14.5. The summed E-state index contributed by atoms with van der Waals surface area (Å²) in [5, 5.41) is 8.92. The van der Waals surface area contributed by atoms with Crippen molar-refractivity contribution < 1.29 is 32.6 Å². The molecule has 0 radical (unpaired) electrons. The number of carbonyl (C=O) groups is 3. The first kappa shape index (κ1) is 33.5. The van der Waals surface area contributed by atoms with Gasteiger partial charge in [-0.3, -0.25) is 19.3 Å². The third kappa shape index (κ3) is 7.94. The van der Waals surface area contributed by atoms with E-state index in [0.29, 0.717) is 45.4 Å². The number of fused-ring (bicyclic) bond motifs is 2. The van der Waals surface area contributed by atoms with Gasteiger partial charge in [0.15, 0.2) is 0 Å². The average molecular weight is 634 g/mol. The molecule has 3 aliphatic heterocycles. The van der Waals surface area contributed by atoms with Gasteiger partial charge < -0.3 is 30.3 Å². The van der Waals surface area contributed by atoms with Crippen molar-refractivity contribution in [3.63, 3.8) is 0 Å². The van der Waals surface area contributed by atoms with Gasteiger partial charge >= 0.3 is 0 Å². The highest BCUT2D eigenvalue weighted by atomic mass is 19.3. The molecule has 3 amide bonds. The summed E-state index contributed by atoms with van der Waals surface area (Å²) in [6, 6.07) is 5.54. The first-order valence-electron chi connectivity index (χ1n) is 16.6. The van der Waals surface area contributed by atoms with Gasteiger partial charge in [0.05, 0.1) is 19.3 Å². The molecule has 5 rings (SSSR count). The van der Waals surface area contributed by atoms with Crippen molar-refractivity contribution in [2.45, 2.75) is 88.4 Å². The molecule has 6 unspecified atom stereocenters. The largest absolute Gasteiger partial charge is 0.493 e. The predicted octanol–water partition coefficient (Wildman–Crippen LogP) is 2.52. The van der Waals surface area contributed by atoms with E-state index in [-0.39, 0.29) is 55.4 Å². The molecule has 10 nitrogen and oxygen atoms in total. The van der Waals surface area contributed by atoms with Crippen molar-refractivity contribution in [2.75, 3.05) is 53.0 Å². The van der Waals surface area contributed by atoms with E-state index >= 15 is 0 Å². The lowest BCUT2D eigenvalue weighted by molar-refractivity contribution is -0.150. The molecule has 1 aromatic rings. The quantitative estimate of drug-likeness (QED) is 0.344. The number of halogens is 2. The molecule has 1 saturated carbocycles. The second kappa shape index (κ2) is 14.7. The minimum Gasteiger partial charge on any atom is -0.493 e. The summed E-state index contributed by atoms with van der Waals surface area (Å²) in [6.07, 6.45) is 1.19. The van der Waals surface area contributed by atoms with Crippen LogP contribution in [0, 0.1) is 11.8 Å². The molecule has 3 heterocycles. The van der Waals surface area contributed by atoms with Crippen LogP contribution in [0.3, 0.4) is 0 Å². The molecule has 12 heteroatoms. The van der Waals surface area contributed by atoms with E-state index < -0.39 is 30.0 Å². The highest BCUT2D eigenvalue weighted by molar-refractivity contribution is 5.93. The molecular formula is C33H49F2N5O5. The smallest absolute Gasteiger partial charge is 0.248 e. The molecule has 1 aliphatic carbocycles. The third-order valence-electron chi connectivity index (χ3n) is 10.2. The molecule has 3 fully saturated rings. The van der Waals surface area contributed by atoms with Gasteiger partial charge in [-0.25, -0.2) is 8.78 Å². The molecule has 1 aromatic carbocycles. The van der Waals surface area contributed by atoms with Crippen LogP contribution in [0.1, 0.15) is 63.9 Å². The van der Waals surface area contributed by atoms with E-state index in [2.05, 4.69) is 20.9 Å². The van der Waals surface area contributed by atoms with Crippen LogP contribution in [0.25, 0.3) is 0 Å². The number of rotatable bonds is 11. The Morgan fingerprint density at radius 3 is 2.60 bits per heavy atom. The van der Waals surface area contributed by atoms with Crippen LogP contribution in [0.4, 0.5) is 8.78 Å². The Kier molecular flexibility index (Phi) is 11.0. The van der Waals surface area contributed by atoms with Crippen molar-refractivity contribution in [1.82, 2.24) is 25.8 Å². The summed E-state index contributed by atoms with van der Waals surface area (Å²) in [5.74, 6) is -3.01. The minimum absolute atomic E-state index is 0.0501. The third-order valence-corrected chi connectivity index (χ3v) is 10.2. The van der Waals surface area contributed by atoms with Gasteiger partial charge in [0, 0.05) is 57.6 Å². The second-order valence-electron chi connectivity index (χ2n) is 13.2. The van der Waals surface area contributed by atoms with E-state index in [4.69, 9.17) is 9.47 Å². The number of ether oxygens (including phenoxy) is 2. The fourth-order valence-corrected chi connectivity index (χ4v) is 7.39. The van der Waals surface area contributed by atoms with Crippen LogP contribution in [0.5, 0.6) is 5.75 Å². The number of alkyl halides is 2. The summed E-state index contributed by atoms with van der Waals surface area (Å²) in [5.41, 5.74) is 1.05. The number of amides is 3. The van der Waals surface area contributed by atoms with E-state index in [0.717, 1.165) is 30.7 Å². The zero-order chi connectivity index (χ0) is 32.1. The normalized spacial score (nSPS) is 27.9. The fraction of sp³-hybridized carbons (Fsp3) is 0.727. The van der Waals surface area contributed by atoms with Gasteiger partial charge in [0.2, 0.25) is 23.6 Å². The maximum atomic E-state index is 14.5. The van der Waals surface area contributed by atoms with Gasteiger partial charge in [0.25, 0.3) is 0 Å². The van der Waals surface area contributed by atoms with Crippen molar-refractivity contribution in [2.24, 2.45) is 11.8 Å². The zero-order valence-corrected chi connectivity index (χ0v) is 26.7. The van der Waals surface area contributed by atoms with Crippen LogP contribution in [0.2, 0.25) is 0 Å². The molecule has 250 valence electrons. The Bertz CT molecular complexity index is 1190. The number of piperazine rings is 1. The van der Waals surface area contributed by atoms with E-state index in [1.165, 1.54) is 0 Å². The zero-order valence-electron chi connectivity index (χ0n) is 26.7. The lowest BCUT2D eigenvalue weighted by Crippen LogP contribution is -2.66. The number of benzene rings is 1. The first-order valence-corrected chi connectivity index (χ1v) is 16.6. The predicted molar refractivity (Wildman–Crippen MR) is 165 cm³/mol. The molecule has 2 saturated heterocycles. The fourth-order valence-electron chi connectivity index (χ4n) is 7.39. The highest BCUT2D eigenvalue weighted by Crippen LogP contribution is 2.39.